The van der Waals surface area contributed by atoms with Crippen LogP contribution in [0.2, 0.25) is 0 Å². The van der Waals surface area contributed by atoms with Crippen molar-refractivity contribution in [3.8, 4) is 11.5 Å². The number of piperazine rings is 1. The number of hydrogen-bond acceptors (Lipinski definition) is 7. The first-order valence-electron chi connectivity index (χ1n) is 10.5. The van der Waals surface area contributed by atoms with Crippen molar-refractivity contribution in [3.05, 3.63) is 41.3 Å². The quantitative estimate of drug-likeness (QED) is 0.600. The van der Waals surface area contributed by atoms with Gasteiger partial charge in [-0.2, -0.15) is 4.98 Å². The summed E-state index contributed by atoms with van der Waals surface area (Å²) in [5, 5.41) is 8.40. The number of methoxy groups -OCH3 is 2. The number of aryl methyl sites for hydroxylation is 2. The number of nitrogens with zero attached hydrogens (tertiary/aromatic N) is 6. The van der Waals surface area contributed by atoms with Crippen molar-refractivity contribution in [2.24, 2.45) is 0 Å². The molecule has 164 valence electrons. The Bertz CT molecular complexity index is 1090. The van der Waals surface area contributed by atoms with Gasteiger partial charge < -0.3 is 19.3 Å². The number of anilines is 1. The zero-order valence-corrected chi connectivity index (χ0v) is 18.5. The Morgan fingerprint density at radius 1 is 1.03 bits per heavy atom. The van der Waals surface area contributed by atoms with Gasteiger partial charge in [0.25, 0.3) is 11.7 Å². The van der Waals surface area contributed by atoms with E-state index in [1.807, 2.05) is 16.2 Å². The summed E-state index contributed by atoms with van der Waals surface area (Å²) in [5.41, 5.74) is 1.75. The highest BCUT2D eigenvalue weighted by molar-refractivity contribution is 5.95. The number of amides is 1. The maximum atomic E-state index is 13.0. The third-order valence-electron chi connectivity index (χ3n) is 5.63. The third-order valence-corrected chi connectivity index (χ3v) is 5.63. The predicted molar refractivity (Wildman–Crippen MR) is 117 cm³/mol. The third kappa shape index (κ3) is 3.99. The molecule has 0 atom stereocenters. The van der Waals surface area contributed by atoms with Crippen LogP contribution in [0.1, 0.15) is 35.2 Å². The van der Waals surface area contributed by atoms with Crippen LogP contribution in [0.15, 0.2) is 24.3 Å². The Kier molecular flexibility index (Phi) is 5.92. The molecule has 31 heavy (non-hydrogen) atoms. The molecule has 3 heterocycles. The molecule has 1 aromatic carbocycles. The molecule has 1 amide bonds. The highest BCUT2D eigenvalue weighted by atomic mass is 16.5. The van der Waals surface area contributed by atoms with Gasteiger partial charge in [0.15, 0.2) is 11.5 Å². The van der Waals surface area contributed by atoms with E-state index in [1.165, 1.54) is 0 Å². The first-order valence-corrected chi connectivity index (χ1v) is 10.5. The van der Waals surface area contributed by atoms with E-state index in [2.05, 4.69) is 28.1 Å². The Morgan fingerprint density at radius 3 is 2.45 bits per heavy atom. The van der Waals surface area contributed by atoms with Crippen LogP contribution in [0.25, 0.3) is 5.78 Å². The lowest BCUT2D eigenvalue weighted by Crippen LogP contribution is -2.49. The van der Waals surface area contributed by atoms with E-state index in [4.69, 9.17) is 14.5 Å². The smallest absolute Gasteiger partial charge is 0.257 e. The number of carbonyl (C=O) groups excluding carboxylic acids is 1. The lowest BCUT2D eigenvalue weighted by Gasteiger charge is -2.35. The fourth-order valence-corrected chi connectivity index (χ4v) is 4.00. The molecule has 1 fully saturated rings. The summed E-state index contributed by atoms with van der Waals surface area (Å²) in [6.45, 7) is 6.76. The van der Waals surface area contributed by atoms with E-state index < -0.39 is 0 Å². The number of hydrogen-bond donors (Lipinski definition) is 0. The summed E-state index contributed by atoms with van der Waals surface area (Å²) in [5.74, 6) is 3.52. The van der Waals surface area contributed by atoms with E-state index in [-0.39, 0.29) is 5.91 Å². The van der Waals surface area contributed by atoms with Crippen LogP contribution in [-0.4, -0.2) is 70.8 Å². The summed E-state index contributed by atoms with van der Waals surface area (Å²) in [6, 6.07) is 7.39. The number of ether oxygens (including phenoxy) is 2. The number of benzene rings is 1. The molecule has 0 N–H and O–H groups in total. The van der Waals surface area contributed by atoms with E-state index in [0.717, 1.165) is 30.2 Å². The number of aromatic nitrogens is 4. The van der Waals surface area contributed by atoms with Crippen molar-refractivity contribution in [2.45, 2.75) is 26.7 Å². The van der Waals surface area contributed by atoms with Gasteiger partial charge in [-0.25, -0.2) is 0 Å². The molecule has 1 saturated heterocycles. The van der Waals surface area contributed by atoms with Crippen molar-refractivity contribution in [3.63, 3.8) is 0 Å². The zero-order valence-electron chi connectivity index (χ0n) is 18.5. The van der Waals surface area contributed by atoms with E-state index >= 15 is 0 Å². The van der Waals surface area contributed by atoms with Gasteiger partial charge in [0, 0.05) is 43.5 Å². The average molecular weight is 425 g/mol. The Hall–Kier alpha value is -3.36. The standard InChI is InChI=1S/C22H28N6O3/c1-5-6-17-14-20(23-22-25-24-15(2)28(17)22)26-9-11-27(12-10-26)21(29)16-7-8-18(30-3)19(13-16)31-4/h7-8,13-14H,5-6,9-12H2,1-4H3. The first kappa shape index (κ1) is 20.9. The highest BCUT2D eigenvalue weighted by Gasteiger charge is 2.24. The fourth-order valence-electron chi connectivity index (χ4n) is 4.00. The molecule has 0 bridgehead atoms. The molecule has 4 rings (SSSR count). The van der Waals surface area contributed by atoms with Gasteiger partial charge in [0.1, 0.15) is 11.6 Å². The predicted octanol–water partition coefficient (Wildman–Crippen LogP) is 2.36. The van der Waals surface area contributed by atoms with Crippen LogP contribution in [0.3, 0.4) is 0 Å². The van der Waals surface area contributed by atoms with Crippen molar-refractivity contribution in [1.82, 2.24) is 24.5 Å². The maximum absolute atomic E-state index is 13.0. The second kappa shape index (κ2) is 8.79. The minimum absolute atomic E-state index is 0.0104. The van der Waals surface area contributed by atoms with Crippen molar-refractivity contribution < 1.29 is 14.3 Å². The maximum Gasteiger partial charge on any atom is 0.257 e. The first-order chi connectivity index (χ1) is 15.0. The van der Waals surface area contributed by atoms with Gasteiger partial charge in [-0.3, -0.25) is 9.20 Å². The second-order valence-electron chi connectivity index (χ2n) is 7.59. The van der Waals surface area contributed by atoms with Crippen LogP contribution >= 0.6 is 0 Å². The molecule has 0 spiro atoms. The van der Waals surface area contributed by atoms with E-state index in [1.54, 1.807) is 32.4 Å². The summed E-state index contributed by atoms with van der Waals surface area (Å²) in [6.07, 6.45) is 1.96. The van der Waals surface area contributed by atoms with Crippen molar-refractivity contribution >= 4 is 17.5 Å². The molecule has 1 aliphatic heterocycles. The average Bonchev–Trinajstić information content (AvgIpc) is 3.19. The molecule has 9 heteroatoms. The molecule has 0 saturated carbocycles. The summed E-state index contributed by atoms with van der Waals surface area (Å²) < 4.78 is 12.6. The van der Waals surface area contributed by atoms with E-state index in [0.29, 0.717) is 49.0 Å². The summed E-state index contributed by atoms with van der Waals surface area (Å²) in [7, 11) is 3.15. The van der Waals surface area contributed by atoms with Gasteiger partial charge in [-0.1, -0.05) is 13.3 Å². The largest absolute Gasteiger partial charge is 0.493 e. The Labute approximate surface area is 181 Å². The molecule has 0 aliphatic carbocycles. The molecule has 2 aromatic heterocycles. The van der Waals surface area contributed by atoms with Gasteiger partial charge in [-0.05, 0) is 31.5 Å². The summed E-state index contributed by atoms with van der Waals surface area (Å²) in [4.78, 5) is 21.8. The van der Waals surface area contributed by atoms with Crippen LogP contribution in [0.5, 0.6) is 11.5 Å². The van der Waals surface area contributed by atoms with Crippen molar-refractivity contribution in [1.29, 1.82) is 0 Å². The molecular weight excluding hydrogens is 396 g/mol. The number of fused-ring (bicyclic) bond motifs is 1. The van der Waals surface area contributed by atoms with E-state index in [9.17, 15) is 4.79 Å². The molecule has 0 radical (unpaired) electrons. The second-order valence-corrected chi connectivity index (χ2v) is 7.59. The molecule has 9 nitrogen and oxygen atoms in total. The highest BCUT2D eigenvalue weighted by Crippen LogP contribution is 2.28. The number of carbonyl (C=O) groups is 1. The zero-order chi connectivity index (χ0) is 22.0. The normalized spacial score (nSPS) is 14.2. The van der Waals surface area contributed by atoms with Crippen molar-refractivity contribution in [2.75, 3.05) is 45.3 Å². The van der Waals surface area contributed by atoms with Crippen LogP contribution in [0, 0.1) is 6.92 Å². The summed E-state index contributed by atoms with van der Waals surface area (Å²) >= 11 is 0. The van der Waals surface area contributed by atoms with Gasteiger partial charge >= 0.3 is 0 Å². The molecule has 1 aliphatic rings. The number of rotatable bonds is 6. The van der Waals surface area contributed by atoms with Crippen LogP contribution in [-0.2, 0) is 6.42 Å². The monoisotopic (exact) mass is 424 g/mol. The molecule has 0 unspecified atom stereocenters. The Morgan fingerprint density at radius 2 is 1.77 bits per heavy atom. The lowest BCUT2D eigenvalue weighted by molar-refractivity contribution is 0.0746. The van der Waals surface area contributed by atoms with Crippen LogP contribution < -0.4 is 14.4 Å². The van der Waals surface area contributed by atoms with Gasteiger partial charge in [0.05, 0.1) is 14.2 Å². The lowest BCUT2D eigenvalue weighted by atomic mass is 10.1. The SMILES string of the molecule is CCCc1cc(N2CCN(C(=O)c3ccc(OC)c(OC)c3)CC2)nc2nnc(C)n12. The minimum Gasteiger partial charge on any atom is -0.493 e. The molecular formula is C22H28N6O3. The minimum atomic E-state index is -0.0104. The molecule has 3 aromatic rings. The van der Waals surface area contributed by atoms with Crippen LogP contribution in [0.4, 0.5) is 5.82 Å². The topological polar surface area (TPSA) is 85.1 Å². The fraction of sp³-hybridized carbons (Fsp3) is 0.455. The Balaban J connectivity index is 1.49. The van der Waals surface area contributed by atoms with Gasteiger partial charge in [0.2, 0.25) is 0 Å². The van der Waals surface area contributed by atoms with Gasteiger partial charge in [-0.15, -0.1) is 10.2 Å².